The van der Waals surface area contributed by atoms with Gasteiger partial charge in [0, 0.05) is 35.5 Å². The molecular formula is C16H22N2OS2. The molecule has 1 N–H and O–H groups in total. The van der Waals surface area contributed by atoms with Crippen LogP contribution in [0.1, 0.15) is 19.2 Å². The van der Waals surface area contributed by atoms with Crippen LogP contribution in [-0.2, 0) is 13.0 Å². The number of hydrogen-bond donors (Lipinski definition) is 1. The molecule has 0 bridgehead atoms. The summed E-state index contributed by atoms with van der Waals surface area (Å²) in [6, 6.07) is 8.27. The Morgan fingerprint density at radius 3 is 3.00 bits per heavy atom. The summed E-state index contributed by atoms with van der Waals surface area (Å²) in [4.78, 5) is 4.75. The number of aliphatic hydroxyl groups excluding tert-OH is 1. The number of fused-ring (bicyclic) bond motifs is 1. The summed E-state index contributed by atoms with van der Waals surface area (Å²) in [5.74, 6) is 4.45. The van der Waals surface area contributed by atoms with Crippen molar-refractivity contribution in [1.29, 1.82) is 0 Å². The molecule has 2 unspecified atom stereocenters. The van der Waals surface area contributed by atoms with Crippen LogP contribution >= 0.6 is 23.5 Å². The number of aliphatic hydroxyl groups is 1. The smallest absolute Gasteiger partial charge is 0.112 e. The van der Waals surface area contributed by atoms with E-state index in [4.69, 9.17) is 4.98 Å². The molecular weight excluding hydrogens is 300 g/mol. The minimum Gasteiger partial charge on any atom is -0.391 e. The molecule has 1 fully saturated rings. The summed E-state index contributed by atoms with van der Waals surface area (Å²) in [6.07, 6.45) is 1.44. The van der Waals surface area contributed by atoms with E-state index < -0.39 is 0 Å². The molecule has 3 nitrogen and oxygen atoms in total. The van der Waals surface area contributed by atoms with Crippen molar-refractivity contribution in [3.8, 4) is 0 Å². The van der Waals surface area contributed by atoms with E-state index in [-0.39, 0.29) is 6.10 Å². The van der Waals surface area contributed by atoms with Gasteiger partial charge >= 0.3 is 0 Å². The van der Waals surface area contributed by atoms with Crippen LogP contribution in [0.15, 0.2) is 24.3 Å². The molecule has 2 atom stereocenters. The third kappa shape index (κ3) is 3.41. The highest BCUT2D eigenvalue weighted by Gasteiger charge is 2.25. The Kier molecular flexibility index (Phi) is 5.14. The Hall–Kier alpha value is -0.650. The second-order valence-electron chi connectivity index (χ2n) is 5.42. The van der Waals surface area contributed by atoms with Crippen LogP contribution in [0.3, 0.4) is 0 Å². The second-order valence-corrected chi connectivity index (χ2v) is 7.92. The molecule has 2 aromatic rings. The normalized spacial score (nSPS) is 20.8. The van der Waals surface area contributed by atoms with Crippen molar-refractivity contribution < 1.29 is 5.11 Å². The number of imidazole rings is 1. The summed E-state index contributed by atoms with van der Waals surface area (Å²) in [7, 11) is 0. The van der Waals surface area contributed by atoms with E-state index in [0.717, 1.165) is 35.8 Å². The van der Waals surface area contributed by atoms with Gasteiger partial charge in [-0.2, -0.15) is 23.5 Å². The first kappa shape index (κ1) is 15.3. The summed E-state index contributed by atoms with van der Waals surface area (Å²) in [5, 5.41) is 10.9. The zero-order chi connectivity index (χ0) is 14.7. The predicted molar refractivity (Wildman–Crippen MR) is 93.3 cm³/mol. The van der Waals surface area contributed by atoms with Crippen molar-refractivity contribution in [1.82, 2.24) is 9.55 Å². The van der Waals surface area contributed by atoms with Crippen molar-refractivity contribution in [2.45, 2.75) is 37.7 Å². The third-order valence-electron chi connectivity index (χ3n) is 3.84. The minimum atomic E-state index is -0.296. The monoisotopic (exact) mass is 322 g/mol. The van der Waals surface area contributed by atoms with Gasteiger partial charge in [-0.25, -0.2) is 4.98 Å². The molecule has 2 heterocycles. The van der Waals surface area contributed by atoms with E-state index >= 15 is 0 Å². The Morgan fingerprint density at radius 2 is 2.24 bits per heavy atom. The van der Waals surface area contributed by atoms with Gasteiger partial charge in [0.1, 0.15) is 5.82 Å². The Morgan fingerprint density at radius 1 is 1.38 bits per heavy atom. The molecule has 1 aromatic carbocycles. The zero-order valence-corrected chi connectivity index (χ0v) is 14.0. The van der Waals surface area contributed by atoms with Gasteiger partial charge in [0.25, 0.3) is 0 Å². The van der Waals surface area contributed by atoms with Gasteiger partial charge in [-0.1, -0.05) is 19.1 Å². The van der Waals surface area contributed by atoms with Gasteiger partial charge < -0.3 is 9.67 Å². The number of nitrogens with zero attached hydrogens (tertiary/aromatic N) is 2. The first-order valence-corrected chi connectivity index (χ1v) is 9.81. The molecule has 0 amide bonds. The Labute approximate surface area is 134 Å². The first-order valence-electron chi connectivity index (χ1n) is 7.61. The maximum Gasteiger partial charge on any atom is 0.112 e. The average molecular weight is 322 g/mol. The van der Waals surface area contributed by atoms with Crippen LogP contribution in [0.25, 0.3) is 11.0 Å². The summed E-state index contributed by atoms with van der Waals surface area (Å²) in [5.41, 5.74) is 2.23. The third-order valence-corrected chi connectivity index (χ3v) is 6.75. The molecule has 5 heteroatoms. The van der Waals surface area contributed by atoms with E-state index in [9.17, 15) is 5.11 Å². The van der Waals surface area contributed by atoms with Crippen LogP contribution < -0.4 is 0 Å². The lowest BCUT2D eigenvalue weighted by Crippen LogP contribution is -2.31. The van der Waals surface area contributed by atoms with E-state index in [0.29, 0.717) is 11.7 Å². The molecule has 1 aliphatic heterocycles. The van der Waals surface area contributed by atoms with E-state index in [1.54, 1.807) is 0 Å². The number of thioether (sulfide) groups is 2. The van der Waals surface area contributed by atoms with Crippen LogP contribution in [0.2, 0.25) is 0 Å². The van der Waals surface area contributed by atoms with Crippen molar-refractivity contribution in [3.05, 3.63) is 30.1 Å². The topological polar surface area (TPSA) is 38.0 Å². The van der Waals surface area contributed by atoms with Gasteiger partial charge in [0.15, 0.2) is 0 Å². The Balaban J connectivity index is 1.83. The molecule has 114 valence electrons. The standard InChI is InChI=1S/C16H22N2OS2/c1-2-7-18-13-6-4-3-5-12(13)17-16(18)10-14(19)15-11-20-8-9-21-15/h3-6,14-15,19H,2,7-11H2,1H3. The summed E-state index contributed by atoms with van der Waals surface area (Å²) >= 11 is 3.86. The van der Waals surface area contributed by atoms with E-state index in [1.165, 1.54) is 11.3 Å². The zero-order valence-electron chi connectivity index (χ0n) is 12.4. The lowest BCUT2D eigenvalue weighted by atomic mass is 10.2. The predicted octanol–water partition coefficient (Wildman–Crippen LogP) is 3.20. The van der Waals surface area contributed by atoms with Gasteiger partial charge in [-0.05, 0) is 18.6 Å². The Bertz CT molecular complexity index is 593. The maximum absolute atomic E-state index is 10.6. The fourth-order valence-electron chi connectivity index (χ4n) is 2.80. The molecule has 1 aromatic heterocycles. The molecule has 0 radical (unpaired) electrons. The number of aromatic nitrogens is 2. The number of aryl methyl sites for hydroxylation is 1. The van der Waals surface area contributed by atoms with Crippen LogP contribution in [0, 0.1) is 0 Å². The van der Waals surface area contributed by atoms with Crippen LogP contribution in [-0.4, -0.2) is 43.3 Å². The number of para-hydroxylation sites is 2. The summed E-state index contributed by atoms with van der Waals surface area (Å²) < 4.78 is 2.28. The fraction of sp³-hybridized carbons (Fsp3) is 0.562. The highest BCUT2D eigenvalue weighted by atomic mass is 32.2. The van der Waals surface area contributed by atoms with Gasteiger partial charge in [-0.3, -0.25) is 0 Å². The lowest BCUT2D eigenvalue weighted by Gasteiger charge is -2.25. The quantitative estimate of drug-likeness (QED) is 0.917. The average Bonchev–Trinajstić information content (AvgIpc) is 2.86. The first-order chi connectivity index (χ1) is 10.3. The van der Waals surface area contributed by atoms with E-state index in [2.05, 4.69) is 29.7 Å². The molecule has 3 rings (SSSR count). The van der Waals surface area contributed by atoms with E-state index in [1.807, 2.05) is 29.6 Å². The lowest BCUT2D eigenvalue weighted by molar-refractivity contribution is 0.173. The highest BCUT2D eigenvalue weighted by molar-refractivity contribution is 8.06. The van der Waals surface area contributed by atoms with Gasteiger partial charge in [0.05, 0.1) is 17.1 Å². The highest BCUT2D eigenvalue weighted by Crippen LogP contribution is 2.28. The molecule has 0 aliphatic carbocycles. The molecule has 1 aliphatic rings. The minimum absolute atomic E-state index is 0.296. The van der Waals surface area contributed by atoms with Gasteiger partial charge in [0.2, 0.25) is 0 Å². The van der Waals surface area contributed by atoms with Gasteiger partial charge in [-0.15, -0.1) is 0 Å². The van der Waals surface area contributed by atoms with Crippen molar-refractivity contribution in [3.63, 3.8) is 0 Å². The largest absolute Gasteiger partial charge is 0.391 e. The van der Waals surface area contributed by atoms with Crippen molar-refractivity contribution in [2.75, 3.05) is 17.3 Å². The number of hydrogen-bond acceptors (Lipinski definition) is 4. The molecule has 0 saturated carbocycles. The van der Waals surface area contributed by atoms with Crippen LogP contribution in [0.5, 0.6) is 0 Å². The SMILES string of the molecule is CCCn1c(CC(O)C2CSCCS2)nc2ccccc21. The fourth-order valence-corrected chi connectivity index (χ4v) is 5.57. The molecule has 21 heavy (non-hydrogen) atoms. The molecule has 0 spiro atoms. The van der Waals surface area contributed by atoms with Crippen molar-refractivity contribution >= 4 is 34.6 Å². The number of benzene rings is 1. The van der Waals surface area contributed by atoms with Crippen molar-refractivity contribution in [2.24, 2.45) is 0 Å². The van der Waals surface area contributed by atoms with Crippen LogP contribution in [0.4, 0.5) is 0 Å². The molecule has 1 saturated heterocycles. The maximum atomic E-state index is 10.6. The number of rotatable bonds is 5. The second kappa shape index (κ2) is 7.07. The summed E-state index contributed by atoms with van der Waals surface area (Å²) in [6.45, 7) is 3.15.